The molecule has 0 bridgehead atoms. The molecule has 3 nitrogen and oxygen atoms in total. The highest BCUT2D eigenvalue weighted by molar-refractivity contribution is 7.99. The maximum atomic E-state index is 9.12. The van der Waals surface area contributed by atoms with Crippen LogP contribution >= 0.6 is 11.8 Å². The Labute approximate surface area is 96.6 Å². The molecule has 0 radical (unpaired) electrons. The molecule has 1 aliphatic heterocycles. The molecule has 1 atom stereocenters. The predicted molar refractivity (Wildman–Crippen MR) is 65.2 cm³/mol. The van der Waals surface area contributed by atoms with E-state index in [1.54, 1.807) is 0 Å². The molecule has 0 aliphatic carbocycles. The molecule has 0 aromatic heterocycles. The molecule has 1 rings (SSSR count). The van der Waals surface area contributed by atoms with Gasteiger partial charge in [-0.1, -0.05) is 13.3 Å². The minimum atomic E-state index is -0.376. The molecule has 0 aromatic rings. The highest BCUT2D eigenvalue weighted by atomic mass is 32.2. The summed E-state index contributed by atoms with van der Waals surface area (Å²) < 4.78 is 0. The first kappa shape index (κ1) is 13.3. The first-order chi connectivity index (χ1) is 7.20. The fourth-order valence-corrected chi connectivity index (χ4v) is 2.94. The van der Waals surface area contributed by atoms with Crippen molar-refractivity contribution < 1.29 is 10.2 Å². The first-order valence-electron chi connectivity index (χ1n) is 5.74. The van der Waals surface area contributed by atoms with Gasteiger partial charge in [0.15, 0.2) is 0 Å². The summed E-state index contributed by atoms with van der Waals surface area (Å²) in [6, 6.07) is 0. The molecule has 1 unspecified atom stereocenters. The zero-order chi connectivity index (χ0) is 11.1. The van der Waals surface area contributed by atoms with Crippen LogP contribution in [0.3, 0.4) is 0 Å². The largest absolute Gasteiger partial charge is 0.396 e. The third kappa shape index (κ3) is 4.72. The molecule has 15 heavy (non-hydrogen) atoms. The van der Waals surface area contributed by atoms with Crippen molar-refractivity contribution in [2.75, 3.05) is 32.1 Å². The number of aliphatic hydroxyl groups is 2. The Balaban J connectivity index is 2.14. The van der Waals surface area contributed by atoms with E-state index in [2.05, 4.69) is 5.32 Å². The van der Waals surface area contributed by atoms with Gasteiger partial charge in [-0.15, -0.1) is 0 Å². The maximum absolute atomic E-state index is 9.12. The molecule has 1 saturated heterocycles. The number of nitrogens with one attached hydrogen (secondary N) is 1. The van der Waals surface area contributed by atoms with E-state index in [4.69, 9.17) is 10.2 Å². The van der Waals surface area contributed by atoms with Crippen LogP contribution in [-0.2, 0) is 0 Å². The third-order valence-corrected chi connectivity index (χ3v) is 4.36. The number of rotatable bonds is 6. The van der Waals surface area contributed by atoms with E-state index in [0.717, 1.165) is 11.8 Å². The van der Waals surface area contributed by atoms with Crippen molar-refractivity contribution in [3.63, 3.8) is 0 Å². The molecule has 0 saturated carbocycles. The Hall–Kier alpha value is 0.230. The van der Waals surface area contributed by atoms with Crippen molar-refractivity contribution in [2.45, 2.75) is 31.4 Å². The topological polar surface area (TPSA) is 52.5 Å². The van der Waals surface area contributed by atoms with Crippen molar-refractivity contribution in [3.05, 3.63) is 0 Å². The first-order valence-corrected chi connectivity index (χ1v) is 6.79. The zero-order valence-electron chi connectivity index (χ0n) is 9.54. The summed E-state index contributed by atoms with van der Waals surface area (Å²) in [6.07, 6.45) is 4.00. The number of aliphatic hydroxyl groups excluding tert-OH is 2. The predicted octanol–water partition coefficient (Wildman–Crippen LogP) is 0.853. The Bertz CT molecular complexity index is 168. The molecule has 1 fully saturated rings. The molecule has 90 valence electrons. The summed E-state index contributed by atoms with van der Waals surface area (Å²) in [5.41, 5.74) is -0.376. The molecular weight excluding hydrogens is 210 g/mol. The maximum Gasteiger partial charge on any atom is 0.0518 e. The number of thioether (sulfide) groups is 1. The fourth-order valence-electron chi connectivity index (χ4n) is 1.67. The van der Waals surface area contributed by atoms with Gasteiger partial charge in [-0.3, -0.25) is 0 Å². The summed E-state index contributed by atoms with van der Waals surface area (Å²) in [4.78, 5) is 0. The van der Waals surface area contributed by atoms with Crippen LogP contribution < -0.4 is 5.32 Å². The van der Waals surface area contributed by atoms with E-state index in [0.29, 0.717) is 6.54 Å². The molecule has 3 N–H and O–H groups in total. The lowest BCUT2D eigenvalue weighted by molar-refractivity contribution is 0.0699. The molecular formula is C11H23NO2S. The Morgan fingerprint density at radius 2 is 2.07 bits per heavy atom. The summed E-state index contributed by atoms with van der Waals surface area (Å²) in [5, 5.41) is 22.3. The van der Waals surface area contributed by atoms with Gasteiger partial charge in [0.25, 0.3) is 0 Å². The van der Waals surface area contributed by atoms with Crippen LogP contribution in [0.25, 0.3) is 0 Å². The van der Waals surface area contributed by atoms with Crippen LogP contribution in [0.1, 0.15) is 26.2 Å². The van der Waals surface area contributed by atoms with Crippen LogP contribution in [0.15, 0.2) is 0 Å². The van der Waals surface area contributed by atoms with E-state index in [1.165, 1.54) is 25.0 Å². The van der Waals surface area contributed by atoms with Crippen LogP contribution in [0.5, 0.6) is 0 Å². The van der Waals surface area contributed by atoms with Crippen LogP contribution in [0.2, 0.25) is 0 Å². The molecule has 1 heterocycles. The second-order valence-corrected chi connectivity index (χ2v) is 6.15. The zero-order valence-corrected chi connectivity index (χ0v) is 10.4. The van der Waals surface area contributed by atoms with Gasteiger partial charge in [0, 0.05) is 23.8 Å². The highest BCUT2D eigenvalue weighted by Crippen LogP contribution is 2.24. The normalized spacial score (nSPS) is 23.0. The molecule has 4 heteroatoms. The quantitative estimate of drug-likeness (QED) is 0.637. The van der Waals surface area contributed by atoms with Crippen molar-refractivity contribution in [2.24, 2.45) is 5.41 Å². The summed E-state index contributed by atoms with van der Waals surface area (Å²) >= 11 is 2.04. The Morgan fingerprint density at radius 1 is 1.33 bits per heavy atom. The van der Waals surface area contributed by atoms with E-state index in [9.17, 15) is 0 Å². The average molecular weight is 233 g/mol. The van der Waals surface area contributed by atoms with Gasteiger partial charge in [0.1, 0.15) is 0 Å². The van der Waals surface area contributed by atoms with Crippen molar-refractivity contribution in [3.8, 4) is 0 Å². The third-order valence-electron chi connectivity index (χ3n) is 2.96. The minimum absolute atomic E-state index is 0.0360. The van der Waals surface area contributed by atoms with E-state index >= 15 is 0 Å². The van der Waals surface area contributed by atoms with Crippen molar-refractivity contribution in [1.29, 1.82) is 0 Å². The summed E-state index contributed by atoms with van der Waals surface area (Å²) in [7, 11) is 0. The smallest absolute Gasteiger partial charge is 0.0518 e. The second-order valence-electron chi connectivity index (χ2n) is 4.75. The second kappa shape index (κ2) is 6.74. The number of hydrogen-bond donors (Lipinski definition) is 3. The number of hydrogen-bond acceptors (Lipinski definition) is 4. The molecule has 0 aromatic carbocycles. The Kier molecular flexibility index (Phi) is 5.97. The molecule has 0 amide bonds. The van der Waals surface area contributed by atoms with E-state index < -0.39 is 0 Å². The van der Waals surface area contributed by atoms with E-state index in [1.807, 2.05) is 18.7 Å². The lowest BCUT2D eigenvalue weighted by Crippen LogP contribution is -2.40. The van der Waals surface area contributed by atoms with Crippen LogP contribution in [-0.4, -0.2) is 47.5 Å². The summed E-state index contributed by atoms with van der Waals surface area (Å²) in [6.45, 7) is 3.66. The Morgan fingerprint density at radius 3 is 2.60 bits per heavy atom. The summed E-state index contributed by atoms with van der Waals surface area (Å²) in [5.74, 6) is 1.28. The van der Waals surface area contributed by atoms with Gasteiger partial charge in [-0.2, -0.15) is 11.8 Å². The lowest BCUT2D eigenvalue weighted by atomic mass is 9.93. The monoisotopic (exact) mass is 233 g/mol. The molecule has 0 spiro atoms. The van der Waals surface area contributed by atoms with Crippen LogP contribution in [0.4, 0.5) is 0 Å². The van der Waals surface area contributed by atoms with Crippen molar-refractivity contribution >= 4 is 11.8 Å². The average Bonchev–Trinajstić information content (AvgIpc) is 2.30. The van der Waals surface area contributed by atoms with Gasteiger partial charge in [0.05, 0.1) is 13.2 Å². The standard InChI is InChI=1S/C11H23NO2S/c1-11(8-13,9-14)7-12-6-10-4-2-3-5-15-10/h10,12-14H,2-9H2,1H3. The van der Waals surface area contributed by atoms with Crippen molar-refractivity contribution in [1.82, 2.24) is 5.32 Å². The minimum Gasteiger partial charge on any atom is -0.396 e. The van der Waals surface area contributed by atoms with E-state index in [-0.39, 0.29) is 18.6 Å². The van der Waals surface area contributed by atoms with Crippen LogP contribution in [0, 0.1) is 5.41 Å². The molecule has 1 aliphatic rings. The van der Waals surface area contributed by atoms with Gasteiger partial charge in [0.2, 0.25) is 0 Å². The highest BCUT2D eigenvalue weighted by Gasteiger charge is 2.22. The van der Waals surface area contributed by atoms with Gasteiger partial charge in [-0.05, 0) is 18.6 Å². The van der Waals surface area contributed by atoms with Gasteiger partial charge >= 0.3 is 0 Å². The van der Waals surface area contributed by atoms with Gasteiger partial charge < -0.3 is 15.5 Å². The fraction of sp³-hybridized carbons (Fsp3) is 1.00. The SMILES string of the molecule is CC(CO)(CO)CNCC1CCCCS1. The lowest BCUT2D eigenvalue weighted by Gasteiger charge is -2.27. The van der Waals surface area contributed by atoms with Gasteiger partial charge in [-0.25, -0.2) is 0 Å².